The van der Waals surface area contributed by atoms with Gasteiger partial charge in [0.25, 0.3) is 0 Å². The van der Waals surface area contributed by atoms with Gasteiger partial charge >= 0.3 is 0 Å². The Labute approximate surface area is 154 Å². The average molecular weight is 375 g/mol. The van der Waals surface area contributed by atoms with Crippen LogP contribution in [-0.2, 0) is 4.79 Å². The highest BCUT2D eigenvalue weighted by molar-refractivity contribution is 7.10. The predicted molar refractivity (Wildman–Crippen MR) is 101 cm³/mol. The van der Waals surface area contributed by atoms with Gasteiger partial charge in [-0.1, -0.05) is 29.8 Å². The van der Waals surface area contributed by atoms with Crippen LogP contribution in [0.3, 0.4) is 0 Å². The summed E-state index contributed by atoms with van der Waals surface area (Å²) in [6.45, 7) is 0.128. The third-order valence-corrected chi connectivity index (χ3v) is 4.81. The molecule has 0 saturated carbocycles. The van der Waals surface area contributed by atoms with Crippen LogP contribution in [-0.4, -0.2) is 12.5 Å². The number of anilines is 1. The van der Waals surface area contributed by atoms with E-state index in [0.29, 0.717) is 10.7 Å². The summed E-state index contributed by atoms with van der Waals surface area (Å²) in [5, 5.41) is 8.64. The number of carbonyl (C=O) groups excluding carboxylic acids is 1. The maximum atomic E-state index is 13.2. The molecule has 3 aromatic rings. The second-order valence-electron chi connectivity index (χ2n) is 5.44. The highest BCUT2D eigenvalue weighted by Gasteiger charge is 2.16. The molecule has 1 heterocycles. The number of amides is 1. The van der Waals surface area contributed by atoms with E-state index in [1.54, 1.807) is 47.7 Å². The van der Waals surface area contributed by atoms with Crippen LogP contribution in [0.15, 0.2) is 66.0 Å². The van der Waals surface area contributed by atoms with Crippen LogP contribution >= 0.6 is 22.9 Å². The molecule has 1 unspecified atom stereocenters. The fraction of sp³-hybridized carbons (Fsp3) is 0.105. The van der Waals surface area contributed by atoms with Gasteiger partial charge in [-0.2, -0.15) is 0 Å². The Morgan fingerprint density at radius 1 is 1.08 bits per heavy atom. The van der Waals surface area contributed by atoms with Crippen LogP contribution in [0.25, 0.3) is 0 Å². The van der Waals surface area contributed by atoms with E-state index in [0.717, 1.165) is 10.4 Å². The van der Waals surface area contributed by atoms with Crippen molar-refractivity contribution < 1.29 is 9.18 Å². The first-order chi connectivity index (χ1) is 12.1. The molecule has 6 heteroatoms. The summed E-state index contributed by atoms with van der Waals surface area (Å²) in [4.78, 5) is 13.3. The van der Waals surface area contributed by atoms with E-state index in [-0.39, 0.29) is 24.3 Å². The standard InChI is InChI=1S/C19H16ClFN2OS/c20-14-5-9-16(10-6-14)23-18(24)12-22-19(17-2-1-11-25-17)13-3-7-15(21)8-4-13/h1-11,19,22H,12H2,(H,23,24). The summed E-state index contributed by atoms with van der Waals surface area (Å²) in [6, 6.07) is 17.0. The third-order valence-electron chi connectivity index (χ3n) is 3.63. The van der Waals surface area contributed by atoms with E-state index >= 15 is 0 Å². The molecular weight excluding hydrogens is 359 g/mol. The van der Waals surface area contributed by atoms with Gasteiger partial charge in [0.15, 0.2) is 0 Å². The Balaban J connectivity index is 1.67. The molecule has 2 aromatic carbocycles. The number of carbonyl (C=O) groups is 1. The minimum atomic E-state index is -0.283. The molecular formula is C19H16ClFN2OS. The molecule has 3 rings (SSSR count). The monoisotopic (exact) mass is 374 g/mol. The molecule has 0 spiro atoms. The molecule has 25 heavy (non-hydrogen) atoms. The third kappa shape index (κ3) is 4.89. The Morgan fingerprint density at radius 2 is 1.80 bits per heavy atom. The maximum Gasteiger partial charge on any atom is 0.238 e. The first kappa shape index (κ1) is 17.6. The van der Waals surface area contributed by atoms with Gasteiger partial charge < -0.3 is 5.32 Å². The van der Waals surface area contributed by atoms with Crippen molar-refractivity contribution in [3.05, 3.63) is 87.3 Å². The zero-order valence-corrected chi connectivity index (χ0v) is 14.8. The molecule has 0 aliphatic heterocycles. The van der Waals surface area contributed by atoms with E-state index in [4.69, 9.17) is 11.6 Å². The second kappa shape index (κ2) is 8.25. The molecule has 3 nitrogen and oxygen atoms in total. The van der Waals surface area contributed by atoms with Crippen LogP contribution < -0.4 is 10.6 Å². The SMILES string of the molecule is O=C(CNC(c1ccc(F)cc1)c1cccs1)Nc1ccc(Cl)cc1. The molecule has 0 fully saturated rings. The summed E-state index contributed by atoms with van der Waals surface area (Å²) in [5.74, 6) is -0.444. The Hall–Kier alpha value is -2.21. The van der Waals surface area contributed by atoms with Gasteiger partial charge in [0, 0.05) is 15.6 Å². The lowest BCUT2D eigenvalue weighted by Gasteiger charge is -2.18. The van der Waals surface area contributed by atoms with E-state index < -0.39 is 0 Å². The Morgan fingerprint density at radius 3 is 2.44 bits per heavy atom. The number of hydrogen-bond donors (Lipinski definition) is 2. The lowest BCUT2D eigenvalue weighted by molar-refractivity contribution is -0.115. The van der Waals surface area contributed by atoms with Crippen molar-refractivity contribution in [2.75, 3.05) is 11.9 Å². The van der Waals surface area contributed by atoms with Gasteiger partial charge in [-0.15, -0.1) is 11.3 Å². The molecule has 0 aliphatic carbocycles. The minimum absolute atomic E-state index is 0.128. The number of benzene rings is 2. The maximum absolute atomic E-state index is 13.2. The Kier molecular flexibility index (Phi) is 5.81. The zero-order valence-electron chi connectivity index (χ0n) is 13.2. The van der Waals surface area contributed by atoms with E-state index in [9.17, 15) is 9.18 Å². The van der Waals surface area contributed by atoms with Crippen molar-refractivity contribution in [1.29, 1.82) is 0 Å². The van der Waals surface area contributed by atoms with E-state index in [2.05, 4.69) is 10.6 Å². The topological polar surface area (TPSA) is 41.1 Å². The summed E-state index contributed by atoms with van der Waals surface area (Å²) in [7, 11) is 0. The summed E-state index contributed by atoms with van der Waals surface area (Å²) >= 11 is 7.42. The van der Waals surface area contributed by atoms with Crippen molar-refractivity contribution in [3.63, 3.8) is 0 Å². The molecule has 128 valence electrons. The van der Waals surface area contributed by atoms with Gasteiger partial charge in [0.1, 0.15) is 5.82 Å². The second-order valence-corrected chi connectivity index (χ2v) is 6.85. The van der Waals surface area contributed by atoms with Crippen molar-refractivity contribution in [2.24, 2.45) is 0 Å². The normalized spacial score (nSPS) is 11.9. The quantitative estimate of drug-likeness (QED) is 0.647. The highest BCUT2D eigenvalue weighted by Crippen LogP contribution is 2.26. The van der Waals surface area contributed by atoms with Gasteiger partial charge in [-0.3, -0.25) is 10.1 Å². The molecule has 1 aromatic heterocycles. The van der Waals surface area contributed by atoms with Crippen molar-refractivity contribution in [3.8, 4) is 0 Å². The van der Waals surface area contributed by atoms with Crippen LogP contribution in [0.2, 0.25) is 5.02 Å². The lowest BCUT2D eigenvalue weighted by atomic mass is 10.1. The zero-order chi connectivity index (χ0) is 17.6. The van der Waals surface area contributed by atoms with Gasteiger partial charge in [-0.25, -0.2) is 4.39 Å². The fourth-order valence-corrected chi connectivity index (χ4v) is 3.38. The van der Waals surface area contributed by atoms with Crippen molar-refractivity contribution in [1.82, 2.24) is 5.32 Å². The smallest absolute Gasteiger partial charge is 0.238 e. The highest BCUT2D eigenvalue weighted by atomic mass is 35.5. The molecule has 0 radical (unpaired) electrons. The van der Waals surface area contributed by atoms with Gasteiger partial charge in [0.05, 0.1) is 12.6 Å². The summed E-state index contributed by atoms with van der Waals surface area (Å²) < 4.78 is 13.2. The van der Waals surface area contributed by atoms with Gasteiger partial charge in [0.2, 0.25) is 5.91 Å². The van der Waals surface area contributed by atoms with Crippen LogP contribution in [0.5, 0.6) is 0 Å². The molecule has 1 amide bonds. The summed E-state index contributed by atoms with van der Waals surface area (Å²) in [6.07, 6.45) is 0. The largest absolute Gasteiger partial charge is 0.325 e. The van der Waals surface area contributed by atoms with Crippen LogP contribution in [0.1, 0.15) is 16.5 Å². The predicted octanol–water partition coefficient (Wildman–Crippen LogP) is 4.86. The van der Waals surface area contributed by atoms with Crippen molar-refractivity contribution >= 4 is 34.5 Å². The fourth-order valence-electron chi connectivity index (χ4n) is 2.43. The van der Waals surface area contributed by atoms with Gasteiger partial charge in [-0.05, 0) is 53.4 Å². The lowest BCUT2D eigenvalue weighted by Crippen LogP contribution is -2.31. The molecule has 2 N–H and O–H groups in total. The summed E-state index contributed by atoms with van der Waals surface area (Å²) in [5.41, 5.74) is 1.59. The Bertz CT molecular complexity index is 820. The first-order valence-corrected chi connectivity index (χ1v) is 8.95. The molecule has 0 saturated heterocycles. The molecule has 0 aliphatic rings. The van der Waals surface area contributed by atoms with Crippen molar-refractivity contribution in [2.45, 2.75) is 6.04 Å². The first-order valence-electron chi connectivity index (χ1n) is 7.69. The number of halogens is 2. The number of nitrogens with one attached hydrogen (secondary N) is 2. The van der Waals surface area contributed by atoms with E-state index in [1.165, 1.54) is 12.1 Å². The van der Waals surface area contributed by atoms with Crippen LogP contribution in [0, 0.1) is 5.82 Å². The minimum Gasteiger partial charge on any atom is -0.325 e. The molecule has 0 bridgehead atoms. The average Bonchev–Trinajstić information content (AvgIpc) is 3.13. The number of thiophene rings is 1. The van der Waals surface area contributed by atoms with Crippen LogP contribution in [0.4, 0.5) is 10.1 Å². The number of hydrogen-bond acceptors (Lipinski definition) is 3. The van der Waals surface area contributed by atoms with E-state index in [1.807, 2.05) is 17.5 Å². The number of rotatable bonds is 6. The molecule has 1 atom stereocenters.